The van der Waals surface area contributed by atoms with Crippen LogP contribution in [0.15, 0.2) is 11.8 Å². The Morgan fingerprint density at radius 1 is 1.12 bits per heavy atom. The van der Waals surface area contributed by atoms with E-state index in [0.717, 1.165) is 5.70 Å². The molecular formula is C13H20N2O2. The van der Waals surface area contributed by atoms with Crippen LogP contribution < -0.4 is 10.6 Å². The molecule has 4 nitrogen and oxygen atoms in total. The molecule has 0 aromatic carbocycles. The van der Waals surface area contributed by atoms with Crippen molar-refractivity contribution >= 4 is 11.8 Å². The van der Waals surface area contributed by atoms with Crippen molar-refractivity contribution in [2.75, 3.05) is 0 Å². The van der Waals surface area contributed by atoms with Crippen molar-refractivity contribution in [2.45, 2.75) is 46.6 Å². The number of hydrogen-bond acceptors (Lipinski definition) is 2. The van der Waals surface area contributed by atoms with Crippen molar-refractivity contribution in [3.8, 4) is 0 Å². The third-order valence-corrected chi connectivity index (χ3v) is 3.71. The quantitative estimate of drug-likeness (QED) is 0.721. The fraction of sp³-hybridized carbons (Fsp3) is 0.692. The highest BCUT2D eigenvalue weighted by atomic mass is 16.2. The van der Waals surface area contributed by atoms with Gasteiger partial charge in [0.15, 0.2) is 0 Å². The van der Waals surface area contributed by atoms with Crippen molar-refractivity contribution in [1.29, 1.82) is 0 Å². The molecule has 0 radical (unpaired) electrons. The first-order chi connectivity index (χ1) is 7.71. The molecule has 2 aliphatic rings. The maximum atomic E-state index is 11.4. The molecule has 0 aromatic heterocycles. The number of rotatable bonds is 1. The van der Waals surface area contributed by atoms with Gasteiger partial charge in [-0.1, -0.05) is 27.7 Å². The van der Waals surface area contributed by atoms with Gasteiger partial charge in [-0.3, -0.25) is 9.59 Å². The van der Waals surface area contributed by atoms with Gasteiger partial charge in [-0.15, -0.1) is 0 Å². The molecule has 2 aliphatic heterocycles. The normalized spacial score (nSPS) is 32.7. The van der Waals surface area contributed by atoms with E-state index < -0.39 is 0 Å². The van der Waals surface area contributed by atoms with Gasteiger partial charge in [-0.05, 0) is 11.5 Å². The molecule has 1 atom stereocenters. The van der Waals surface area contributed by atoms with E-state index in [0.29, 0.717) is 12.8 Å². The van der Waals surface area contributed by atoms with Gasteiger partial charge in [-0.2, -0.15) is 0 Å². The Morgan fingerprint density at radius 3 is 2.18 bits per heavy atom. The van der Waals surface area contributed by atoms with Gasteiger partial charge in [0.2, 0.25) is 11.8 Å². The Balaban J connectivity index is 2.25. The van der Waals surface area contributed by atoms with E-state index in [2.05, 4.69) is 24.5 Å². The molecule has 0 spiro atoms. The van der Waals surface area contributed by atoms with Gasteiger partial charge < -0.3 is 10.6 Å². The van der Waals surface area contributed by atoms with E-state index in [1.807, 2.05) is 19.9 Å². The molecule has 0 aromatic rings. The summed E-state index contributed by atoms with van der Waals surface area (Å²) < 4.78 is 0. The standard InChI is InChI=1S/C13H20N2O2/c1-12(2)6-10(16)14-8(12)5-9-13(3,4)7-11(17)15-9/h5,8H,6-7H2,1-4H3,(H,14,16)(H,15,17). The van der Waals surface area contributed by atoms with E-state index in [1.54, 1.807) is 0 Å². The molecule has 0 bridgehead atoms. The monoisotopic (exact) mass is 236 g/mol. The van der Waals surface area contributed by atoms with Crippen LogP contribution in [-0.2, 0) is 9.59 Å². The van der Waals surface area contributed by atoms with E-state index in [-0.39, 0.29) is 28.7 Å². The predicted molar refractivity (Wildman–Crippen MR) is 65.0 cm³/mol. The first kappa shape index (κ1) is 12.1. The van der Waals surface area contributed by atoms with Crippen LogP contribution in [0.2, 0.25) is 0 Å². The third kappa shape index (κ3) is 2.21. The number of nitrogens with one attached hydrogen (secondary N) is 2. The predicted octanol–water partition coefficient (Wildman–Crippen LogP) is 1.33. The van der Waals surface area contributed by atoms with E-state index in [9.17, 15) is 9.59 Å². The Morgan fingerprint density at radius 2 is 1.76 bits per heavy atom. The molecule has 2 heterocycles. The maximum absolute atomic E-state index is 11.4. The molecule has 2 amide bonds. The summed E-state index contributed by atoms with van der Waals surface area (Å²) in [4.78, 5) is 22.9. The molecule has 17 heavy (non-hydrogen) atoms. The summed E-state index contributed by atoms with van der Waals surface area (Å²) in [5.74, 6) is 0.141. The molecule has 94 valence electrons. The topological polar surface area (TPSA) is 58.2 Å². The zero-order valence-electron chi connectivity index (χ0n) is 10.9. The number of carbonyl (C=O) groups is 2. The van der Waals surface area contributed by atoms with Gasteiger partial charge in [0.05, 0.1) is 6.04 Å². The summed E-state index contributed by atoms with van der Waals surface area (Å²) in [7, 11) is 0. The second-order valence-electron chi connectivity index (χ2n) is 6.40. The first-order valence-electron chi connectivity index (χ1n) is 6.02. The van der Waals surface area contributed by atoms with Crippen molar-refractivity contribution in [3.63, 3.8) is 0 Å². The Labute approximate surface area is 102 Å². The van der Waals surface area contributed by atoms with Crippen LogP contribution in [0.25, 0.3) is 0 Å². The largest absolute Gasteiger partial charge is 0.349 e. The lowest BCUT2D eigenvalue weighted by Gasteiger charge is -2.25. The molecule has 2 saturated heterocycles. The summed E-state index contributed by atoms with van der Waals surface area (Å²) in [6.45, 7) is 8.22. The van der Waals surface area contributed by atoms with E-state index >= 15 is 0 Å². The highest BCUT2D eigenvalue weighted by Gasteiger charge is 2.41. The van der Waals surface area contributed by atoms with Gasteiger partial charge in [0, 0.05) is 24.0 Å². The Hall–Kier alpha value is -1.32. The zero-order valence-corrected chi connectivity index (χ0v) is 10.9. The van der Waals surface area contributed by atoms with Gasteiger partial charge in [0.1, 0.15) is 0 Å². The highest BCUT2D eigenvalue weighted by Crippen LogP contribution is 2.37. The maximum Gasteiger partial charge on any atom is 0.225 e. The number of amides is 2. The molecule has 2 fully saturated rings. The lowest BCUT2D eigenvalue weighted by molar-refractivity contribution is -0.120. The summed E-state index contributed by atoms with van der Waals surface area (Å²) >= 11 is 0. The van der Waals surface area contributed by atoms with Gasteiger partial charge in [-0.25, -0.2) is 0 Å². The van der Waals surface area contributed by atoms with Crippen LogP contribution in [0.3, 0.4) is 0 Å². The van der Waals surface area contributed by atoms with Gasteiger partial charge >= 0.3 is 0 Å². The molecule has 1 unspecified atom stereocenters. The third-order valence-electron chi connectivity index (χ3n) is 3.71. The second-order valence-corrected chi connectivity index (χ2v) is 6.40. The molecule has 0 saturated carbocycles. The minimum atomic E-state index is -0.152. The SMILES string of the molecule is CC1(C)CC(=O)NC1=CC1NC(=O)CC1(C)C. The van der Waals surface area contributed by atoms with Crippen LogP contribution in [-0.4, -0.2) is 17.9 Å². The lowest BCUT2D eigenvalue weighted by Crippen LogP contribution is -2.33. The highest BCUT2D eigenvalue weighted by molar-refractivity contribution is 5.83. The van der Waals surface area contributed by atoms with Crippen molar-refractivity contribution < 1.29 is 9.59 Å². The molecule has 2 N–H and O–H groups in total. The van der Waals surface area contributed by atoms with Crippen LogP contribution >= 0.6 is 0 Å². The smallest absolute Gasteiger partial charge is 0.225 e. The average Bonchev–Trinajstić information content (AvgIpc) is 2.50. The van der Waals surface area contributed by atoms with Gasteiger partial charge in [0.25, 0.3) is 0 Å². The van der Waals surface area contributed by atoms with Crippen LogP contribution in [0.4, 0.5) is 0 Å². The summed E-state index contributed by atoms with van der Waals surface area (Å²) in [6.07, 6.45) is 3.06. The number of allylic oxidation sites excluding steroid dienone is 1. The van der Waals surface area contributed by atoms with Crippen LogP contribution in [0, 0.1) is 10.8 Å². The number of carbonyl (C=O) groups excluding carboxylic acids is 2. The van der Waals surface area contributed by atoms with Crippen molar-refractivity contribution in [2.24, 2.45) is 10.8 Å². The molecular weight excluding hydrogens is 216 g/mol. The Bertz CT molecular complexity index is 408. The summed E-state index contributed by atoms with van der Waals surface area (Å²) in [6, 6.07) is 0.00248. The summed E-state index contributed by atoms with van der Waals surface area (Å²) in [5, 5.41) is 5.85. The van der Waals surface area contributed by atoms with E-state index in [1.165, 1.54) is 0 Å². The van der Waals surface area contributed by atoms with E-state index in [4.69, 9.17) is 0 Å². The van der Waals surface area contributed by atoms with Crippen molar-refractivity contribution in [1.82, 2.24) is 10.6 Å². The van der Waals surface area contributed by atoms with Crippen molar-refractivity contribution in [3.05, 3.63) is 11.8 Å². The number of hydrogen-bond donors (Lipinski definition) is 2. The minimum Gasteiger partial charge on any atom is -0.349 e. The molecule has 0 aliphatic carbocycles. The zero-order chi connectivity index (χ0) is 12.8. The van der Waals surface area contributed by atoms with Crippen LogP contribution in [0.5, 0.6) is 0 Å². The fourth-order valence-corrected chi connectivity index (χ4v) is 2.51. The fourth-order valence-electron chi connectivity index (χ4n) is 2.51. The Kier molecular flexibility index (Phi) is 2.56. The summed E-state index contributed by atoms with van der Waals surface area (Å²) in [5.41, 5.74) is 0.691. The lowest BCUT2D eigenvalue weighted by atomic mass is 9.81. The first-order valence-corrected chi connectivity index (χ1v) is 6.02. The minimum absolute atomic E-state index is 0.00248. The molecule has 4 heteroatoms. The molecule has 2 rings (SSSR count). The average molecular weight is 236 g/mol. The second kappa shape index (κ2) is 3.59. The van der Waals surface area contributed by atoms with Crippen LogP contribution in [0.1, 0.15) is 40.5 Å².